The first kappa shape index (κ1) is 20.1. The molecule has 1 N–H and O–H groups in total. The molecule has 1 aromatic carbocycles. The number of Topliss-reactive ketones (excluding diaryl/α,β-unsaturated/α-hetero) is 1. The molecule has 0 unspecified atom stereocenters. The van der Waals surface area contributed by atoms with Crippen molar-refractivity contribution in [3.8, 4) is 0 Å². The van der Waals surface area contributed by atoms with Crippen molar-refractivity contribution >= 4 is 18.2 Å². The zero-order valence-electron chi connectivity index (χ0n) is 14.2. The number of benzene rings is 1. The van der Waals surface area contributed by atoms with Gasteiger partial charge < -0.3 is 10.1 Å². The first-order chi connectivity index (χ1) is 10.8. The molecule has 1 aliphatic carbocycles. The molecule has 0 heterocycles. The number of rotatable bonds is 10. The average molecular weight is 340 g/mol. The molecule has 0 amide bonds. The van der Waals surface area contributed by atoms with Crippen LogP contribution in [0.3, 0.4) is 0 Å². The zero-order chi connectivity index (χ0) is 15.7. The van der Waals surface area contributed by atoms with Gasteiger partial charge in [-0.2, -0.15) is 0 Å². The molecule has 130 valence electrons. The highest BCUT2D eigenvalue weighted by atomic mass is 35.5. The van der Waals surface area contributed by atoms with E-state index in [0.717, 1.165) is 51.7 Å². The highest BCUT2D eigenvalue weighted by Crippen LogP contribution is 2.41. The summed E-state index contributed by atoms with van der Waals surface area (Å²) < 4.78 is 5.52. The topological polar surface area (TPSA) is 38.3 Å². The maximum Gasteiger partial charge on any atom is 0.157 e. The molecule has 0 radical (unpaired) electrons. The molecule has 0 atom stereocenters. The van der Waals surface area contributed by atoms with Crippen molar-refractivity contribution in [2.24, 2.45) is 0 Å². The minimum Gasteiger partial charge on any atom is -0.380 e. The molecule has 0 bridgehead atoms. The third kappa shape index (κ3) is 5.59. The smallest absolute Gasteiger partial charge is 0.157 e. The molecule has 23 heavy (non-hydrogen) atoms. The predicted molar refractivity (Wildman–Crippen MR) is 97.4 cm³/mol. The fourth-order valence-corrected chi connectivity index (χ4v) is 3.33. The van der Waals surface area contributed by atoms with Gasteiger partial charge in [0.1, 0.15) is 0 Å². The van der Waals surface area contributed by atoms with E-state index in [-0.39, 0.29) is 17.8 Å². The number of halogens is 1. The summed E-state index contributed by atoms with van der Waals surface area (Å²) >= 11 is 0. The van der Waals surface area contributed by atoms with Crippen LogP contribution >= 0.6 is 12.4 Å². The van der Waals surface area contributed by atoms with Gasteiger partial charge in [0.25, 0.3) is 0 Å². The molecular formula is C19H30ClNO2. The first-order valence-corrected chi connectivity index (χ1v) is 8.67. The second-order valence-corrected chi connectivity index (χ2v) is 6.22. The van der Waals surface area contributed by atoms with Gasteiger partial charge in [0.2, 0.25) is 0 Å². The minimum atomic E-state index is -0.253. The molecule has 3 nitrogen and oxygen atoms in total. The minimum absolute atomic E-state index is 0. The van der Waals surface area contributed by atoms with Gasteiger partial charge in [0.15, 0.2) is 5.78 Å². The van der Waals surface area contributed by atoms with Crippen LogP contribution in [0.15, 0.2) is 30.3 Å². The van der Waals surface area contributed by atoms with Crippen LogP contribution in [0.5, 0.6) is 0 Å². The Balaban J connectivity index is 0.00000264. The van der Waals surface area contributed by atoms with Gasteiger partial charge in [0.05, 0.1) is 18.6 Å². The summed E-state index contributed by atoms with van der Waals surface area (Å²) in [5.74, 6) is 0.338. The molecule has 1 saturated carbocycles. The second-order valence-electron chi connectivity index (χ2n) is 6.22. The van der Waals surface area contributed by atoms with Crippen LogP contribution < -0.4 is 5.32 Å². The largest absolute Gasteiger partial charge is 0.380 e. The Labute approximate surface area is 146 Å². The lowest BCUT2D eigenvalue weighted by atomic mass is 9.75. The van der Waals surface area contributed by atoms with Gasteiger partial charge in [-0.25, -0.2) is 0 Å². The van der Waals surface area contributed by atoms with E-state index in [1.165, 1.54) is 5.56 Å². The van der Waals surface area contributed by atoms with Gasteiger partial charge in [-0.3, -0.25) is 4.79 Å². The number of nitrogens with one attached hydrogen (secondary N) is 1. The molecule has 1 fully saturated rings. The maximum atomic E-state index is 12.8. The first-order valence-electron chi connectivity index (χ1n) is 8.67. The van der Waals surface area contributed by atoms with E-state index in [0.29, 0.717) is 18.9 Å². The number of hydrogen-bond donors (Lipinski definition) is 1. The summed E-state index contributed by atoms with van der Waals surface area (Å²) in [5, 5.41) is 3.26. The van der Waals surface area contributed by atoms with E-state index >= 15 is 0 Å². The quantitative estimate of drug-likeness (QED) is 0.657. The van der Waals surface area contributed by atoms with Crippen molar-refractivity contribution in [1.29, 1.82) is 0 Å². The monoisotopic (exact) mass is 339 g/mol. The fourth-order valence-electron chi connectivity index (χ4n) is 3.33. The van der Waals surface area contributed by atoms with Crippen LogP contribution in [0.4, 0.5) is 0 Å². The van der Waals surface area contributed by atoms with E-state index in [2.05, 4.69) is 24.4 Å². The summed E-state index contributed by atoms with van der Waals surface area (Å²) in [6, 6.07) is 10.3. The van der Waals surface area contributed by atoms with Crippen LogP contribution in [0.25, 0.3) is 0 Å². The Hall–Kier alpha value is -0.900. The van der Waals surface area contributed by atoms with Crippen molar-refractivity contribution in [2.45, 2.75) is 50.9 Å². The SMILES string of the molecule is CCCCOCCNCC(=O)C1(c2ccccc2)CCCC1.Cl. The molecular weight excluding hydrogens is 310 g/mol. The van der Waals surface area contributed by atoms with Crippen LogP contribution in [0.1, 0.15) is 51.0 Å². The Morgan fingerprint density at radius 2 is 1.87 bits per heavy atom. The predicted octanol–water partition coefficient (Wildman–Crippen LogP) is 3.90. The van der Waals surface area contributed by atoms with Crippen LogP contribution in [-0.2, 0) is 14.9 Å². The Morgan fingerprint density at radius 3 is 2.52 bits per heavy atom. The standard InChI is InChI=1S/C19H29NO2.ClH/c1-2-3-14-22-15-13-20-16-18(21)19(11-7-8-12-19)17-9-5-4-6-10-17;/h4-6,9-10,20H,2-3,7-8,11-16H2,1H3;1H. The van der Waals surface area contributed by atoms with E-state index < -0.39 is 0 Å². The average Bonchev–Trinajstić information content (AvgIpc) is 3.06. The van der Waals surface area contributed by atoms with Gasteiger partial charge in [-0.15, -0.1) is 12.4 Å². The van der Waals surface area contributed by atoms with E-state index in [9.17, 15) is 4.79 Å². The fraction of sp³-hybridized carbons (Fsp3) is 0.632. The molecule has 2 rings (SSSR count). The van der Waals surface area contributed by atoms with Crippen molar-refractivity contribution in [3.63, 3.8) is 0 Å². The molecule has 1 aromatic rings. The van der Waals surface area contributed by atoms with Crippen molar-refractivity contribution in [3.05, 3.63) is 35.9 Å². The summed E-state index contributed by atoms with van der Waals surface area (Å²) in [6.45, 7) is 4.86. The molecule has 0 saturated heterocycles. The number of ketones is 1. The van der Waals surface area contributed by atoms with Crippen molar-refractivity contribution < 1.29 is 9.53 Å². The Bertz CT molecular complexity index is 444. The van der Waals surface area contributed by atoms with E-state index in [1.807, 2.05) is 18.2 Å². The summed E-state index contributed by atoms with van der Waals surface area (Å²) in [6.07, 6.45) is 6.55. The molecule has 0 spiro atoms. The highest BCUT2D eigenvalue weighted by molar-refractivity contribution is 5.92. The third-order valence-electron chi connectivity index (χ3n) is 4.67. The van der Waals surface area contributed by atoms with Crippen LogP contribution in [0.2, 0.25) is 0 Å². The Kier molecular flexibility index (Phi) is 9.46. The van der Waals surface area contributed by atoms with Gasteiger partial charge in [-0.05, 0) is 24.8 Å². The number of ether oxygens (including phenoxy) is 1. The number of unbranched alkanes of at least 4 members (excludes halogenated alkanes) is 1. The van der Waals surface area contributed by atoms with Crippen molar-refractivity contribution in [1.82, 2.24) is 5.32 Å². The van der Waals surface area contributed by atoms with E-state index in [1.54, 1.807) is 0 Å². The number of hydrogen-bond acceptors (Lipinski definition) is 3. The molecule has 1 aliphatic rings. The lowest BCUT2D eigenvalue weighted by Gasteiger charge is -2.28. The van der Waals surface area contributed by atoms with Crippen LogP contribution in [-0.4, -0.2) is 32.1 Å². The Morgan fingerprint density at radius 1 is 1.17 bits per heavy atom. The van der Waals surface area contributed by atoms with Crippen molar-refractivity contribution in [2.75, 3.05) is 26.3 Å². The van der Waals surface area contributed by atoms with Gasteiger partial charge in [0, 0.05) is 13.2 Å². The summed E-state index contributed by atoms with van der Waals surface area (Å²) in [7, 11) is 0. The normalized spacial score (nSPS) is 16.0. The second kappa shape index (κ2) is 10.8. The number of carbonyl (C=O) groups excluding carboxylic acids is 1. The summed E-state index contributed by atoms with van der Waals surface area (Å²) in [4.78, 5) is 12.8. The van der Waals surface area contributed by atoms with Crippen LogP contribution in [0, 0.1) is 0 Å². The van der Waals surface area contributed by atoms with E-state index in [4.69, 9.17) is 4.74 Å². The molecule has 4 heteroatoms. The zero-order valence-corrected chi connectivity index (χ0v) is 15.0. The molecule has 0 aliphatic heterocycles. The highest BCUT2D eigenvalue weighted by Gasteiger charge is 2.41. The van der Waals surface area contributed by atoms with Gasteiger partial charge in [-0.1, -0.05) is 56.5 Å². The van der Waals surface area contributed by atoms with Gasteiger partial charge >= 0.3 is 0 Å². The maximum absolute atomic E-state index is 12.8. The number of carbonyl (C=O) groups is 1. The third-order valence-corrected chi connectivity index (χ3v) is 4.67. The lowest BCUT2D eigenvalue weighted by molar-refractivity contribution is -0.123. The summed E-state index contributed by atoms with van der Waals surface area (Å²) in [5.41, 5.74) is 0.940. The molecule has 0 aromatic heterocycles. The lowest BCUT2D eigenvalue weighted by Crippen LogP contribution is -2.40.